The van der Waals surface area contributed by atoms with Gasteiger partial charge in [0.25, 0.3) is 0 Å². The molecule has 202 valence electrons. The van der Waals surface area contributed by atoms with Crippen molar-refractivity contribution in [1.82, 2.24) is 4.98 Å². The molecule has 0 bridgehead atoms. The van der Waals surface area contributed by atoms with Crippen LogP contribution in [0.15, 0.2) is 42.6 Å². The smallest absolute Gasteiger partial charge is 0.309 e. The van der Waals surface area contributed by atoms with Gasteiger partial charge in [-0.1, -0.05) is 44.2 Å². The highest BCUT2D eigenvalue weighted by molar-refractivity contribution is 5.99. The van der Waals surface area contributed by atoms with Crippen LogP contribution in [0.3, 0.4) is 0 Å². The van der Waals surface area contributed by atoms with Crippen molar-refractivity contribution in [3.8, 4) is 11.5 Å². The molecule has 0 saturated carbocycles. The number of methoxy groups -OCH3 is 1. The normalized spacial score (nSPS) is 13.2. The van der Waals surface area contributed by atoms with Crippen LogP contribution >= 0.6 is 0 Å². The number of esters is 2. The topological polar surface area (TPSA) is 110 Å². The predicted octanol–water partition coefficient (Wildman–Crippen LogP) is 4.42. The molecule has 0 fully saturated rings. The molecule has 2 rings (SSSR count). The minimum absolute atomic E-state index is 0.0193. The van der Waals surface area contributed by atoms with Crippen molar-refractivity contribution in [3.05, 3.63) is 53.9 Å². The molecule has 9 heteroatoms. The maximum atomic E-state index is 13.0. The van der Waals surface area contributed by atoms with Crippen molar-refractivity contribution < 1.29 is 38.1 Å². The van der Waals surface area contributed by atoms with Crippen molar-refractivity contribution in [2.45, 2.75) is 53.1 Å². The summed E-state index contributed by atoms with van der Waals surface area (Å²) in [5.74, 6) is -1.92. The van der Waals surface area contributed by atoms with Crippen LogP contribution in [0.25, 0.3) is 0 Å². The van der Waals surface area contributed by atoms with Gasteiger partial charge in [-0.3, -0.25) is 14.4 Å². The summed E-state index contributed by atoms with van der Waals surface area (Å²) < 4.78 is 27.1. The van der Waals surface area contributed by atoms with Crippen molar-refractivity contribution in [1.29, 1.82) is 0 Å². The fourth-order valence-electron chi connectivity index (χ4n) is 3.61. The number of Topliss-reactive ketones (excluding diaryl/α,β-unsaturated/α-hetero) is 1. The first-order valence-corrected chi connectivity index (χ1v) is 12.4. The largest absolute Gasteiger partial charge is 0.493 e. The Hall–Kier alpha value is -3.46. The van der Waals surface area contributed by atoms with E-state index in [1.54, 1.807) is 6.92 Å². The molecule has 0 N–H and O–H groups in total. The highest BCUT2D eigenvalue weighted by Gasteiger charge is 2.28. The first kappa shape index (κ1) is 29.8. The van der Waals surface area contributed by atoms with Crippen LogP contribution < -0.4 is 9.47 Å². The summed E-state index contributed by atoms with van der Waals surface area (Å²) in [7, 11) is 1.42. The lowest BCUT2D eigenvalue weighted by Crippen LogP contribution is -2.32. The fourth-order valence-corrected chi connectivity index (χ4v) is 3.61. The van der Waals surface area contributed by atoms with Gasteiger partial charge in [0.1, 0.15) is 6.10 Å². The van der Waals surface area contributed by atoms with Crippen LogP contribution in [0.2, 0.25) is 0 Å². The molecule has 0 aliphatic carbocycles. The Morgan fingerprint density at radius 1 is 1.05 bits per heavy atom. The van der Waals surface area contributed by atoms with E-state index in [1.807, 2.05) is 44.2 Å². The van der Waals surface area contributed by atoms with Crippen molar-refractivity contribution >= 4 is 17.7 Å². The number of nitrogens with zero attached hydrogens (tertiary/aromatic N) is 1. The average Bonchev–Trinajstić information content (AvgIpc) is 2.88. The van der Waals surface area contributed by atoms with E-state index in [2.05, 4.69) is 4.98 Å². The van der Waals surface area contributed by atoms with Gasteiger partial charge in [-0.05, 0) is 25.3 Å². The van der Waals surface area contributed by atoms with E-state index in [0.29, 0.717) is 19.6 Å². The van der Waals surface area contributed by atoms with Crippen LogP contribution in [0.1, 0.15) is 56.6 Å². The highest BCUT2D eigenvalue weighted by Crippen LogP contribution is 2.31. The van der Waals surface area contributed by atoms with E-state index >= 15 is 0 Å². The van der Waals surface area contributed by atoms with Gasteiger partial charge in [-0.25, -0.2) is 4.98 Å². The molecule has 1 aromatic carbocycles. The number of carbonyl (C=O) groups excluding carboxylic acids is 3. The van der Waals surface area contributed by atoms with E-state index in [-0.39, 0.29) is 29.5 Å². The number of pyridine rings is 1. The van der Waals surface area contributed by atoms with Gasteiger partial charge in [-0.15, -0.1) is 0 Å². The van der Waals surface area contributed by atoms with Gasteiger partial charge in [-0.2, -0.15) is 0 Å². The van der Waals surface area contributed by atoms with Crippen LogP contribution in [0.4, 0.5) is 0 Å². The molecule has 0 spiro atoms. The summed E-state index contributed by atoms with van der Waals surface area (Å²) >= 11 is 0. The molecule has 3 atom stereocenters. The number of carbonyl (C=O) groups is 3. The minimum atomic E-state index is -0.724. The molecule has 0 saturated heterocycles. The second kappa shape index (κ2) is 15.6. The zero-order valence-corrected chi connectivity index (χ0v) is 22.2. The van der Waals surface area contributed by atoms with Gasteiger partial charge in [0.2, 0.25) is 6.79 Å². The first-order valence-electron chi connectivity index (χ1n) is 12.4. The van der Waals surface area contributed by atoms with E-state index in [0.717, 1.165) is 12.0 Å². The number of rotatable bonds is 16. The molecule has 0 aliphatic heterocycles. The fraction of sp³-hybridized carbons (Fsp3) is 0.500. The molecular formula is C28H37NO8. The Labute approximate surface area is 218 Å². The van der Waals surface area contributed by atoms with E-state index < -0.39 is 36.5 Å². The number of ether oxygens (including phenoxy) is 5. The van der Waals surface area contributed by atoms with Crippen LogP contribution in [0, 0.1) is 11.8 Å². The molecule has 37 heavy (non-hydrogen) atoms. The lowest BCUT2D eigenvalue weighted by atomic mass is 9.95. The molecule has 0 radical (unpaired) electrons. The summed E-state index contributed by atoms with van der Waals surface area (Å²) in [6.45, 7) is 7.44. The van der Waals surface area contributed by atoms with Gasteiger partial charge < -0.3 is 23.7 Å². The third-order valence-electron chi connectivity index (χ3n) is 5.70. The lowest BCUT2D eigenvalue weighted by molar-refractivity contribution is -0.156. The Morgan fingerprint density at radius 2 is 1.78 bits per heavy atom. The summed E-state index contributed by atoms with van der Waals surface area (Å²) in [6.07, 6.45) is 2.44. The van der Waals surface area contributed by atoms with E-state index in [9.17, 15) is 14.4 Å². The molecule has 0 amide bonds. The second-order valence-corrected chi connectivity index (χ2v) is 8.78. The second-order valence-electron chi connectivity index (χ2n) is 8.78. The maximum absolute atomic E-state index is 13.0. The monoisotopic (exact) mass is 515 g/mol. The van der Waals surface area contributed by atoms with Crippen LogP contribution in [-0.4, -0.2) is 55.9 Å². The van der Waals surface area contributed by atoms with Crippen LogP contribution in [0.5, 0.6) is 11.5 Å². The Morgan fingerprint density at radius 3 is 2.43 bits per heavy atom. The van der Waals surface area contributed by atoms with Crippen molar-refractivity contribution in [2.75, 3.05) is 27.1 Å². The Balaban J connectivity index is 2.05. The third kappa shape index (κ3) is 9.84. The quantitative estimate of drug-likeness (QED) is 0.139. The summed E-state index contributed by atoms with van der Waals surface area (Å²) in [4.78, 5) is 41.1. The van der Waals surface area contributed by atoms with E-state index in [1.165, 1.54) is 26.3 Å². The number of hydrogen-bond acceptors (Lipinski definition) is 9. The SMILES string of the molecule is CCCOC[C@@H](Cc1ccccc1)[C@H](C)OC(=O)[C@@H](C)CC(=O)c1nccc(OC)c1OCOC(C)=O. The zero-order chi connectivity index (χ0) is 27.2. The molecule has 2 aromatic rings. The Bertz CT molecular complexity index is 1010. The number of hydrogen-bond donors (Lipinski definition) is 0. The minimum Gasteiger partial charge on any atom is -0.493 e. The maximum Gasteiger partial charge on any atom is 0.309 e. The Kier molecular flexibility index (Phi) is 12.6. The molecule has 0 aliphatic rings. The number of ketones is 1. The standard InChI is InChI=1S/C28H37NO8/c1-6-14-34-17-23(16-22-10-8-7-9-11-22)20(3)37-28(32)19(2)15-24(31)26-27(36-18-35-21(4)30)25(33-5)12-13-29-26/h7-13,19-20,23H,6,14-18H2,1-5H3/t19-,20-,23+/m0/s1. The van der Waals surface area contributed by atoms with Gasteiger partial charge in [0.15, 0.2) is 23.0 Å². The van der Waals surface area contributed by atoms with Gasteiger partial charge >= 0.3 is 11.9 Å². The molecule has 1 heterocycles. The van der Waals surface area contributed by atoms with Gasteiger partial charge in [0, 0.05) is 38.1 Å². The zero-order valence-electron chi connectivity index (χ0n) is 22.2. The van der Waals surface area contributed by atoms with Crippen molar-refractivity contribution in [2.24, 2.45) is 11.8 Å². The molecule has 9 nitrogen and oxygen atoms in total. The summed E-state index contributed by atoms with van der Waals surface area (Å²) in [5.41, 5.74) is 1.11. The summed E-state index contributed by atoms with van der Waals surface area (Å²) in [6, 6.07) is 11.5. The number of benzene rings is 1. The third-order valence-corrected chi connectivity index (χ3v) is 5.70. The van der Waals surface area contributed by atoms with Crippen LogP contribution in [-0.2, 0) is 30.2 Å². The molecule has 1 aromatic heterocycles. The predicted molar refractivity (Wildman–Crippen MR) is 136 cm³/mol. The summed E-state index contributed by atoms with van der Waals surface area (Å²) in [5, 5.41) is 0. The highest BCUT2D eigenvalue weighted by atomic mass is 16.7. The molecular weight excluding hydrogens is 478 g/mol. The first-order chi connectivity index (χ1) is 17.8. The van der Waals surface area contributed by atoms with Crippen molar-refractivity contribution in [3.63, 3.8) is 0 Å². The van der Waals surface area contributed by atoms with E-state index in [4.69, 9.17) is 23.7 Å². The van der Waals surface area contributed by atoms with Gasteiger partial charge in [0.05, 0.1) is 19.6 Å². The average molecular weight is 516 g/mol. The molecule has 0 unspecified atom stereocenters. The lowest BCUT2D eigenvalue weighted by Gasteiger charge is -2.25. The number of aromatic nitrogens is 1.